The van der Waals surface area contributed by atoms with E-state index in [0.717, 1.165) is 25.4 Å². The molecule has 0 aromatic carbocycles. The molecule has 1 unspecified atom stereocenters. The van der Waals surface area contributed by atoms with Crippen LogP contribution in [-0.2, 0) is 4.79 Å². The van der Waals surface area contributed by atoms with Crippen molar-refractivity contribution in [1.29, 1.82) is 0 Å². The average molecular weight is 238 g/mol. The maximum atomic E-state index is 11.3. The molecule has 17 heavy (non-hydrogen) atoms. The van der Waals surface area contributed by atoms with Crippen LogP contribution < -0.4 is 0 Å². The second-order valence-corrected chi connectivity index (χ2v) is 5.48. The molecule has 3 nitrogen and oxygen atoms in total. The van der Waals surface area contributed by atoms with Crippen LogP contribution in [0.2, 0.25) is 0 Å². The minimum atomic E-state index is 0.418. The number of piperidine rings is 1. The average Bonchev–Trinajstić information content (AvgIpc) is 2.38. The fourth-order valence-electron chi connectivity index (χ4n) is 3.10. The van der Waals surface area contributed by atoms with Crippen molar-refractivity contribution in [1.82, 2.24) is 9.80 Å². The van der Waals surface area contributed by atoms with E-state index in [9.17, 15) is 4.79 Å². The Bertz CT molecular complexity index is 255. The van der Waals surface area contributed by atoms with E-state index in [1.54, 1.807) is 0 Å². The Morgan fingerprint density at radius 1 is 1.24 bits per heavy atom. The number of hydrogen-bond acceptors (Lipinski definition) is 3. The molecule has 1 atom stereocenters. The van der Waals surface area contributed by atoms with E-state index in [0.29, 0.717) is 12.2 Å². The molecular formula is C14H26N2O. The van der Waals surface area contributed by atoms with Gasteiger partial charge in [0.05, 0.1) is 0 Å². The van der Waals surface area contributed by atoms with Crippen molar-refractivity contribution in [2.75, 3.05) is 32.7 Å². The molecule has 0 N–H and O–H groups in total. The van der Waals surface area contributed by atoms with Crippen LogP contribution in [0.5, 0.6) is 0 Å². The van der Waals surface area contributed by atoms with Crippen molar-refractivity contribution in [3.63, 3.8) is 0 Å². The Labute approximate surface area is 105 Å². The minimum absolute atomic E-state index is 0.418. The van der Waals surface area contributed by atoms with Gasteiger partial charge in [0.15, 0.2) is 0 Å². The molecule has 3 heteroatoms. The number of carbonyl (C=O) groups excluding carboxylic acids is 1. The summed E-state index contributed by atoms with van der Waals surface area (Å²) in [6, 6.07) is 0.805. The van der Waals surface area contributed by atoms with Crippen molar-refractivity contribution < 1.29 is 4.79 Å². The van der Waals surface area contributed by atoms with E-state index in [-0.39, 0.29) is 0 Å². The standard InChI is InChI=1S/C14H26N2O/c1-2-14(17)7-5-8-15-10-11-16-9-4-3-6-13(16)12-15/h13H,2-12H2,1H3. The molecule has 0 radical (unpaired) electrons. The maximum absolute atomic E-state index is 11.3. The first-order chi connectivity index (χ1) is 8.29. The van der Waals surface area contributed by atoms with Gasteiger partial charge in [-0.05, 0) is 32.4 Å². The van der Waals surface area contributed by atoms with Gasteiger partial charge < -0.3 is 4.90 Å². The molecule has 2 aliphatic heterocycles. The van der Waals surface area contributed by atoms with E-state index < -0.39 is 0 Å². The highest BCUT2D eigenvalue weighted by Gasteiger charge is 2.28. The summed E-state index contributed by atoms with van der Waals surface area (Å²) >= 11 is 0. The van der Waals surface area contributed by atoms with Crippen molar-refractivity contribution >= 4 is 5.78 Å². The van der Waals surface area contributed by atoms with Crippen LogP contribution in [0.15, 0.2) is 0 Å². The number of Topliss-reactive ketones (excluding diaryl/α,β-unsaturated/α-hetero) is 1. The van der Waals surface area contributed by atoms with Crippen molar-refractivity contribution in [3.8, 4) is 0 Å². The van der Waals surface area contributed by atoms with Gasteiger partial charge in [0.1, 0.15) is 5.78 Å². The smallest absolute Gasteiger partial charge is 0.132 e. The number of rotatable bonds is 5. The lowest BCUT2D eigenvalue weighted by Gasteiger charge is -2.44. The molecule has 2 aliphatic rings. The Hall–Kier alpha value is -0.410. The minimum Gasteiger partial charge on any atom is -0.300 e. The first kappa shape index (κ1) is 13.0. The van der Waals surface area contributed by atoms with Crippen LogP contribution >= 0.6 is 0 Å². The molecular weight excluding hydrogens is 212 g/mol. The highest BCUT2D eigenvalue weighted by Crippen LogP contribution is 2.21. The summed E-state index contributed by atoms with van der Waals surface area (Å²) < 4.78 is 0. The van der Waals surface area contributed by atoms with E-state index in [4.69, 9.17) is 0 Å². The first-order valence-corrected chi connectivity index (χ1v) is 7.27. The molecule has 0 spiro atoms. The van der Waals surface area contributed by atoms with Gasteiger partial charge in [-0.1, -0.05) is 13.3 Å². The quantitative estimate of drug-likeness (QED) is 0.731. The van der Waals surface area contributed by atoms with Crippen LogP contribution in [0.25, 0.3) is 0 Å². The van der Waals surface area contributed by atoms with Crippen LogP contribution in [-0.4, -0.2) is 54.3 Å². The normalized spacial score (nSPS) is 26.8. The summed E-state index contributed by atoms with van der Waals surface area (Å²) in [5.74, 6) is 0.418. The third-order valence-corrected chi connectivity index (χ3v) is 4.25. The molecule has 2 heterocycles. The lowest BCUT2D eigenvalue weighted by Crippen LogP contribution is -2.54. The van der Waals surface area contributed by atoms with Gasteiger partial charge in [-0.2, -0.15) is 0 Å². The number of hydrogen-bond donors (Lipinski definition) is 0. The SMILES string of the molecule is CCC(=O)CCCN1CCN2CCCCC2C1. The summed E-state index contributed by atoms with van der Waals surface area (Å²) in [5.41, 5.74) is 0. The van der Waals surface area contributed by atoms with Gasteiger partial charge in [-0.15, -0.1) is 0 Å². The van der Waals surface area contributed by atoms with Crippen molar-refractivity contribution in [2.24, 2.45) is 0 Å². The zero-order valence-corrected chi connectivity index (χ0v) is 11.2. The molecule has 2 fully saturated rings. The van der Waals surface area contributed by atoms with Crippen LogP contribution in [0.3, 0.4) is 0 Å². The van der Waals surface area contributed by atoms with Crippen molar-refractivity contribution in [2.45, 2.75) is 51.5 Å². The van der Waals surface area contributed by atoms with Gasteiger partial charge in [0, 0.05) is 38.5 Å². The first-order valence-electron chi connectivity index (χ1n) is 7.27. The van der Waals surface area contributed by atoms with Crippen LogP contribution in [0, 0.1) is 0 Å². The topological polar surface area (TPSA) is 23.6 Å². The van der Waals surface area contributed by atoms with Gasteiger partial charge >= 0.3 is 0 Å². The molecule has 2 saturated heterocycles. The predicted molar refractivity (Wildman–Crippen MR) is 70.2 cm³/mol. The molecule has 0 amide bonds. The molecule has 0 aromatic rings. The van der Waals surface area contributed by atoms with Gasteiger partial charge in [-0.3, -0.25) is 9.69 Å². The van der Waals surface area contributed by atoms with E-state index in [1.165, 1.54) is 45.4 Å². The van der Waals surface area contributed by atoms with Gasteiger partial charge in [0.2, 0.25) is 0 Å². The number of ketones is 1. The fraction of sp³-hybridized carbons (Fsp3) is 0.929. The number of nitrogens with zero attached hydrogens (tertiary/aromatic N) is 2. The Morgan fingerprint density at radius 3 is 2.94 bits per heavy atom. The summed E-state index contributed by atoms with van der Waals surface area (Å²) in [6.07, 6.45) is 6.71. The fourth-order valence-corrected chi connectivity index (χ4v) is 3.10. The molecule has 98 valence electrons. The second-order valence-electron chi connectivity index (χ2n) is 5.48. The largest absolute Gasteiger partial charge is 0.300 e. The Kier molecular flexibility index (Phi) is 4.99. The lowest BCUT2D eigenvalue weighted by atomic mass is 9.99. The van der Waals surface area contributed by atoms with Gasteiger partial charge in [-0.25, -0.2) is 0 Å². The number of carbonyl (C=O) groups is 1. The van der Waals surface area contributed by atoms with Crippen LogP contribution in [0.4, 0.5) is 0 Å². The van der Waals surface area contributed by atoms with Crippen molar-refractivity contribution in [3.05, 3.63) is 0 Å². The number of piperazine rings is 1. The number of fused-ring (bicyclic) bond motifs is 1. The zero-order chi connectivity index (χ0) is 12.1. The maximum Gasteiger partial charge on any atom is 0.132 e. The predicted octanol–water partition coefficient (Wildman–Crippen LogP) is 1.92. The molecule has 0 saturated carbocycles. The molecule has 2 rings (SSSR count). The Morgan fingerprint density at radius 2 is 2.12 bits per heavy atom. The summed E-state index contributed by atoms with van der Waals surface area (Å²) in [5, 5.41) is 0. The highest BCUT2D eigenvalue weighted by molar-refractivity contribution is 5.77. The third-order valence-electron chi connectivity index (χ3n) is 4.25. The van der Waals surface area contributed by atoms with Gasteiger partial charge in [0.25, 0.3) is 0 Å². The summed E-state index contributed by atoms with van der Waals surface area (Å²) in [4.78, 5) is 16.5. The molecule has 0 aromatic heterocycles. The highest BCUT2D eigenvalue weighted by atomic mass is 16.1. The van der Waals surface area contributed by atoms with Crippen LogP contribution in [0.1, 0.15) is 45.4 Å². The molecule has 0 aliphatic carbocycles. The third kappa shape index (κ3) is 3.78. The Balaban J connectivity index is 1.67. The monoisotopic (exact) mass is 238 g/mol. The summed E-state index contributed by atoms with van der Waals surface area (Å²) in [6.45, 7) is 8.08. The van der Waals surface area contributed by atoms with E-state index in [1.807, 2.05) is 6.92 Å². The summed E-state index contributed by atoms with van der Waals surface area (Å²) in [7, 11) is 0. The van der Waals surface area contributed by atoms with E-state index in [2.05, 4.69) is 9.80 Å². The zero-order valence-electron chi connectivity index (χ0n) is 11.2. The second kappa shape index (κ2) is 6.50. The lowest BCUT2D eigenvalue weighted by molar-refractivity contribution is -0.118. The molecule has 0 bridgehead atoms. The van der Waals surface area contributed by atoms with E-state index >= 15 is 0 Å².